The number of aliphatic carboxylic acids is 1. The molecule has 1 fully saturated rings. The van der Waals surface area contributed by atoms with Crippen molar-refractivity contribution >= 4 is 11.9 Å². The molecule has 1 N–H and O–H groups in total. The Morgan fingerprint density at radius 3 is 2.92 bits per heavy atom. The van der Waals surface area contributed by atoms with E-state index in [0.29, 0.717) is 30.0 Å². The van der Waals surface area contributed by atoms with Crippen molar-refractivity contribution in [1.82, 2.24) is 24.9 Å². The molecule has 0 saturated carbocycles. The second-order valence-electron chi connectivity index (χ2n) is 5.74. The van der Waals surface area contributed by atoms with Gasteiger partial charge in [0.25, 0.3) is 5.91 Å². The van der Waals surface area contributed by atoms with Crippen LogP contribution in [0, 0.1) is 0 Å². The van der Waals surface area contributed by atoms with Crippen LogP contribution in [0.1, 0.15) is 28.9 Å². The van der Waals surface area contributed by atoms with Crippen molar-refractivity contribution in [2.45, 2.75) is 19.3 Å². The third kappa shape index (κ3) is 3.48. The Kier molecular flexibility index (Phi) is 4.37. The maximum atomic E-state index is 12.6. The Morgan fingerprint density at radius 2 is 2.17 bits per heavy atom. The summed E-state index contributed by atoms with van der Waals surface area (Å²) in [6.45, 7) is 5.22. The van der Waals surface area contributed by atoms with Gasteiger partial charge in [0.15, 0.2) is 0 Å². The van der Waals surface area contributed by atoms with Gasteiger partial charge in [-0.25, -0.2) is 4.68 Å². The van der Waals surface area contributed by atoms with Gasteiger partial charge in [-0.1, -0.05) is 17.4 Å². The van der Waals surface area contributed by atoms with Gasteiger partial charge < -0.3 is 10.0 Å². The normalized spacial score (nSPS) is 14.7. The van der Waals surface area contributed by atoms with E-state index < -0.39 is 5.97 Å². The zero-order chi connectivity index (χ0) is 17.1. The lowest BCUT2D eigenvalue weighted by atomic mass is 10.1. The molecule has 3 heterocycles. The smallest absolute Gasteiger partial charge is 0.309 e. The van der Waals surface area contributed by atoms with Gasteiger partial charge in [-0.15, -0.1) is 5.10 Å². The van der Waals surface area contributed by atoms with Crippen LogP contribution in [0.25, 0.3) is 5.69 Å². The fourth-order valence-corrected chi connectivity index (χ4v) is 2.63. The molecule has 2 aromatic rings. The molecule has 3 rings (SSSR count). The van der Waals surface area contributed by atoms with Crippen LogP contribution in [-0.2, 0) is 11.2 Å². The largest absolute Gasteiger partial charge is 0.481 e. The van der Waals surface area contributed by atoms with Crippen molar-refractivity contribution in [1.29, 1.82) is 0 Å². The van der Waals surface area contributed by atoms with E-state index in [1.165, 1.54) is 17.1 Å². The van der Waals surface area contributed by atoms with Gasteiger partial charge in [-0.3, -0.25) is 14.6 Å². The van der Waals surface area contributed by atoms with Crippen molar-refractivity contribution in [3.63, 3.8) is 0 Å². The van der Waals surface area contributed by atoms with Crippen LogP contribution in [0.15, 0.2) is 36.8 Å². The summed E-state index contributed by atoms with van der Waals surface area (Å²) in [6.07, 6.45) is 6.24. The highest BCUT2D eigenvalue weighted by molar-refractivity contribution is 5.94. The monoisotopic (exact) mass is 327 g/mol. The molecular weight excluding hydrogens is 310 g/mol. The number of hydrogen-bond acceptors (Lipinski definition) is 5. The number of aromatic nitrogens is 4. The fourth-order valence-electron chi connectivity index (χ4n) is 2.63. The van der Waals surface area contributed by atoms with Crippen molar-refractivity contribution in [3.8, 4) is 5.69 Å². The van der Waals surface area contributed by atoms with E-state index in [-0.39, 0.29) is 12.3 Å². The van der Waals surface area contributed by atoms with Gasteiger partial charge >= 0.3 is 5.97 Å². The number of hydrogen-bond donors (Lipinski definition) is 1. The molecule has 24 heavy (non-hydrogen) atoms. The van der Waals surface area contributed by atoms with Crippen LogP contribution in [0.3, 0.4) is 0 Å². The summed E-state index contributed by atoms with van der Waals surface area (Å²) in [6, 6.07) is 1.67. The zero-order valence-corrected chi connectivity index (χ0v) is 13.1. The van der Waals surface area contributed by atoms with Gasteiger partial charge in [0.2, 0.25) is 0 Å². The third-order valence-corrected chi connectivity index (χ3v) is 3.77. The summed E-state index contributed by atoms with van der Waals surface area (Å²) in [5, 5.41) is 16.5. The van der Waals surface area contributed by atoms with Gasteiger partial charge in [0, 0.05) is 19.3 Å². The summed E-state index contributed by atoms with van der Waals surface area (Å²) in [7, 11) is 0. The van der Waals surface area contributed by atoms with Crippen molar-refractivity contribution in [3.05, 3.63) is 48.1 Å². The molecule has 0 spiro atoms. The van der Waals surface area contributed by atoms with E-state index in [1.54, 1.807) is 17.2 Å². The summed E-state index contributed by atoms with van der Waals surface area (Å²) in [5.41, 5.74) is 2.40. The van der Waals surface area contributed by atoms with Crippen molar-refractivity contribution in [2.24, 2.45) is 0 Å². The summed E-state index contributed by atoms with van der Waals surface area (Å²) < 4.78 is 1.41. The molecule has 124 valence electrons. The number of carboxylic acids is 1. The fraction of sp³-hybridized carbons (Fsp3) is 0.312. The first-order valence-electron chi connectivity index (χ1n) is 7.57. The second kappa shape index (κ2) is 6.61. The molecule has 0 atom stereocenters. The van der Waals surface area contributed by atoms with Crippen molar-refractivity contribution in [2.75, 3.05) is 13.1 Å². The maximum Gasteiger partial charge on any atom is 0.309 e. The van der Waals surface area contributed by atoms with E-state index in [0.717, 1.165) is 18.4 Å². The first-order valence-corrected chi connectivity index (χ1v) is 7.57. The maximum absolute atomic E-state index is 12.6. The van der Waals surface area contributed by atoms with Crippen LogP contribution in [0.4, 0.5) is 0 Å². The molecule has 0 unspecified atom stereocenters. The van der Waals surface area contributed by atoms with E-state index in [4.69, 9.17) is 5.11 Å². The standard InChI is InChI=1S/C16H17N5O3/c1-11-3-2-4-20(9-11)16(24)12-5-14(8-17-7-12)21-10-13(18-19-21)6-15(22)23/h5,7-8,10H,1-4,6,9H2,(H,22,23). The molecule has 1 aliphatic heterocycles. The minimum atomic E-state index is -0.977. The minimum Gasteiger partial charge on any atom is -0.481 e. The summed E-state index contributed by atoms with van der Waals surface area (Å²) >= 11 is 0. The minimum absolute atomic E-state index is 0.101. The average molecular weight is 327 g/mol. The number of pyridine rings is 1. The van der Waals surface area contributed by atoms with Gasteiger partial charge in [-0.05, 0) is 18.9 Å². The van der Waals surface area contributed by atoms with Crippen LogP contribution in [-0.4, -0.2) is 55.0 Å². The molecular formula is C16H17N5O3. The third-order valence-electron chi connectivity index (χ3n) is 3.77. The Hall–Kier alpha value is -3.03. The highest BCUT2D eigenvalue weighted by Crippen LogP contribution is 2.17. The Morgan fingerprint density at radius 1 is 1.33 bits per heavy atom. The summed E-state index contributed by atoms with van der Waals surface area (Å²) in [4.78, 5) is 29.2. The second-order valence-corrected chi connectivity index (χ2v) is 5.74. The quantitative estimate of drug-likeness (QED) is 0.843. The molecule has 1 saturated heterocycles. The summed E-state index contributed by atoms with van der Waals surface area (Å²) in [5.74, 6) is -1.08. The highest BCUT2D eigenvalue weighted by atomic mass is 16.4. The number of likely N-dealkylation sites (tertiary alicyclic amines) is 1. The molecule has 1 amide bonds. The molecule has 0 radical (unpaired) electrons. The number of rotatable bonds is 4. The van der Waals surface area contributed by atoms with Gasteiger partial charge in [0.1, 0.15) is 0 Å². The molecule has 1 aliphatic rings. The average Bonchev–Trinajstić information content (AvgIpc) is 3.02. The van der Waals surface area contributed by atoms with Crippen LogP contribution >= 0.6 is 0 Å². The number of carbonyl (C=O) groups excluding carboxylic acids is 1. The van der Waals surface area contributed by atoms with Crippen LogP contribution in [0.5, 0.6) is 0 Å². The van der Waals surface area contributed by atoms with Gasteiger partial charge in [-0.2, -0.15) is 0 Å². The van der Waals surface area contributed by atoms with E-state index in [2.05, 4.69) is 21.9 Å². The highest BCUT2D eigenvalue weighted by Gasteiger charge is 2.20. The SMILES string of the molecule is C=C1CCCN(C(=O)c2cncc(-n3cc(CC(=O)O)nn3)c2)C1. The predicted octanol–water partition coefficient (Wildman–Crippen LogP) is 1.08. The lowest BCUT2D eigenvalue weighted by Gasteiger charge is -2.28. The molecule has 8 heteroatoms. The molecule has 8 nitrogen and oxygen atoms in total. The lowest BCUT2D eigenvalue weighted by molar-refractivity contribution is -0.136. The molecule has 0 aliphatic carbocycles. The van der Waals surface area contributed by atoms with E-state index in [1.807, 2.05) is 0 Å². The van der Waals surface area contributed by atoms with Crippen LogP contribution < -0.4 is 0 Å². The Labute approximate surface area is 138 Å². The number of carboxylic acid groups (broad SMARTS) is 1. The van der Waals surface area contributed by atoms with E-state index in [9.17, 15) is 9.59 Å². The lowest BCUT2D eigenvalue weighted by Crippen LogP contribution is -2.36. The Bertz CT molecular complexity index is 799. The molecule has 0 bridgehead atoms. The number of nitrogens with zero attached hydrogens (tertiary/aromatic N) is 5. The number of carbonyl (C=O) groups is 2. The first-order chi connectivity index (χ1) is 11.5. The van der Waals surface area contributed by atoms with Crippen molar-refractivity contribution < 1.29 is 14.7 Å². The molecule has 2 aromatic heterocycles. The topological polar surface area (TPSA) is 101 Å². The number of amides is 1. The first kappa shape index (κ1) is 15.9. The predicted molar refractivity (Wildman–Crippen MR) is 84.8 cm³/mol. The van der Waals surface area contributed by atoms with Gasteiger partial charge in [0.05, 0.1) is 35.8 Å². The Balaban J connectivity index is 1.81. The van der Waals surface area contributed by atoms with E-state index >= 15 is 0 Å². The number of piperidine rings is 1. The zero-order valence-electron chi connectivity index (χ0n) is 13.1. The molecule has 0 aromatic carbocycles. The van der Waals surface area contributed by atoms with Crippen LogP contribution in [0.2, 0.25) is 0 Å².